The van der Waals surface area contributed by atoms with Gasteiger partial charge in [-0.3, -0.25) is 4.90 Å². The van der Waals surface area contributed by atoms with Gasteiger partial charge in [0, 0.05) is 35.7 Å². The van der Waals surface area contributed by atoms with Gasteiger partial charge in [0.2, 0.25) is 0 Å². The number of hydrogen-bond donors (Lipinski definition) is 1. The molecule has 0 aromatic heterocycles. The molecule has 3 atom stereocenters. The number of nitrogens with zero attached hydrogens (tertiary/aromatic N) is 1. The van der Waals surface area contributed by atoms with Crippen LogP contribution in [0.5, 0.6) is 0 Å². The van der Waals surface area contributed by atoms with Crippen LogP contribution < -0.4 is 5.73 Å². The van der Waals surface area contributed by atoms with Crippen LogP contribution in [-0.4, -0.2) is 36.7 Å². The number of nitrogens with two attached hydrogens (primary N) is 1. The Hall–Kier alpha value is -0.320. The summed E-state index contributed by atoms with van der Waals surface area (Å²) in [6, 6.07) is 5.75. The van der Waals surface area contributed by atoms with Gasteiger partial charge in [0.15, 0.2) is 0 Å². The first-order chi connectivity index (χ1) is 8.99. The lowest BCUT2D eigenvalue weighted by Crippen LogP contribution is -2.48. The van der Waals surface area contributed by atoms with Gasteiger partial charge in [0.1, 0.15) is 0 Å². The molecule has 0 unspecified atom stereocenters. The standard InChI is InChI=1S/C14H20Cl2N2O/c1-9-7-18(8-10(2)19-9)14(6-17)11-3-12(15)5-13(16)4-11/h3-5,9-10,14H,6-8,17H2,1-2H3/t9-,10+,14-/m1/s1. The van der Waals surface area contributed by atoms with Crippen LogP contribution in [0.3, 0.4) is 0 Å². The molecule has 1 aliphatic heterocycles. The number of rotatable bonds is 3. The second-order valence-corrected chi connectivity index (χ2v) is 6.04. The fourth-order valence-electron chi connectivity index (χ4n) is 2.74. The van der Waals surface area contributed by atoms with E-state index in [1.54, 1.807) is 6.07 Å². The van der Waals surface area contributed by atoms with Crippen LogP contribution in [0.2, 0.25) is 10.0 Å². The summed E-state index contributed by atoms with van der Waals surface area (Å²) in [5, 5.41) is 1.30. The smallest absolute Gasteiger partial charge is 0.0678 e. The predicted octanol–water partition coefficient (Wildman–Crippen LogP) is 3.10. The molecular weight excluding hydrogens is 283 g/mol. The molecule has 2 N–H and O–H groups in total. The first-order valence-corrected chi connectivity index (χ1v) is 7.30. The van der Waals surface area contributed by atoms with Crippen molar-refractivity contribution in [2.45, 2.75) is 32.1 Å². The van der Waals surface area contributed by atoms with Crippen molar-refractivity contribution in [3.8, 4) is 0 Å². The van der Waals surface area contributed by atoms with Crippen LogP contribution in [0.1, 0.15) is 25.5 Å². The molecule has 0 radical (unpaired) electrons. The molecule has 0 saturated carbocycles. The SMILES string of the molecule is C[C@@H]1CN([C@H](CN)c2cc(Cl)cc(Cl)c2)C[C@H](C)O1. The van der Waals surface area contributed by atoms with Gasteiger partial charge < -0.3 is 10.5 Å². The molecule has 1 fully saturated rings. The summed E-state index contributed by atoms with van der Waals surface area (Å²) in [5.41, 5.74) is 7.03. The average Bonchev–Trinajstić information content (AvgIpc) is 2.27. The maximum absolute atomic E-state index is 6.08. The highest BCUT2D eigenvalue weighted by molar-refractivity contribution is 6.34. The molecule has 19 heavy (non-hydrogen) atoms. The van der Waals surface area contributed by atoms with Gasteiger partial charge in [-0.2, -0.15) is 0 Å². The first-order valence-electron chi connectivity index (χ1n) is 6.55. The lowest BCUT2D eigenvalue weighted by Gasteiger charge is -2.40. The number of morpholine rings is 1. The van der Waals surface area contributed by atoms with Crippen LogP contribution in [0.4, 0.5) is 0 Å². The molecule has 2 rings (SSSR count). The summed E-state index contributed by atoms with van der Waals surface area (Å²) in [4.78, 5) is 2.35. The quantitative estimate of drug-likeness (QED) is 0.932. The molecule has 1 aromatic carbocycles. The topological polar surface area (TPSA) is 38.5 Å². The first kappa shape index (κ1) is 15.1. The minimum atomic E-state index is 0.130. The third kappa shape index (κ3) is 3.83. The number of ether oxygens (including phenoxy) is 1. The molecule has 106 valence electrons. The molecule has 1 saturated heterocycles. The van der Waals surface area contributed by atoms with Gasteiger partial charge >= 0.3 is 0 Å². The van der Waals surface area contributed by atoms with E-state index in [0.29, 0.717) is 16.6 Å². The highest BCUT2D eigenvalue weighted by Gasteiger charge is 2.28. The lowest BCUT2D eigenvalue weighted by molar-refractivity contribution is -0.0799. The Labute approximate surface area is 124 Å². The van der Waals surface area contributed by atoms with Crippen LogP contribution >= 0.6 is 23.2 Å². The predicted molar refractivity (Wildman–Crippen MR) is 79.8 cm³/mol. The van der Waals surface area contributed by atoms with Crippen molar-refractivity contribution in [1.82, 2.24) is 4.90 Å². The van der Waals surface area contributed by atoms with Crippen molar-refractivity contribution in [2.75, 3.05) is 19.6 Å². The largest absolute Gasteiger partial charge is 0.373 e. The monoisotopic (exact) mass is 302 g/mol. The van der Waals surface area contributed by atoms with Gasteiger partial charge in [0.05, 0.1) is 12.2 Å². The minimum absolute atomic E-state index is 0.130. The summed E-state index contributed by atoms with van der Waals surface area (Å²) in [5.74, 6) is 0. The van der Waals surface area contributed by atoms with Crippen LogP contribution in [0.15, 0.2) is 18.2 Å². The third-order valence-corrected chi connectivity index (χ3v) is 3.82. The van der Waals surface area contributed by atoms with E-state index in [1.807, 2.05) is 12.1 Å². The lowest BCUT2D eigenvalue weighted by atomic mass is 10.0. The Morgan fingerprint density at radius 2 is 1.74 bits per heavy atom. The summed E-state index contributed by atoms with van der Waals surface area (Å²) in [7, 11) is 0. The number of halogens is 2. The molecule has 0 spiro atoms. The summed E-state index contributed by atoms with van der Waals surface area (Å²) < 4.78 is 5.76. The maximum atomic E-state index is 6.08. The van der Waals surface area contributed by atoms with Crippen molar-refractivity contribution in [3.05, 3.63) is 33.8 Å². The zero-order chi connectivity index (χ0) is 14.0. The summed E-state index contributed by atoms with van der Waals surface area (Å²) >= 11 is 12.2. The van der Waals surface area contributed by atoms with Crippen LogP contribution in [-0.2, 0) is 4.74 Å². The minimum Gasteiger partial charge on any atom is -0.373 e. The van der Waals surface area contributed by atoms with Crippen molar-refractivity contribution >= 4 is 23.2 Å². The van der Waals surface area contributed by atoms with Crippen LogP contribution in [0.25, 0.3) is 0 Å². The number of hydrogen-bond acceptors (Lipinski definition) is 3. The Morgan fingerprint density at radius 1 is 1.21 bits per heavy atom. The average molecular weight is 303 g/mol. The molecule has 1 heterocycles. The van der Waals surface area contributed by atoms with E-state index in [4.69, 9.17) is 33.7 Å². The second-order valence-electron chi connectivity index (χ2n) is 5.17. The number of benzene rings is 1. The molecule has 1 aliphatic rings. The molecular formula is C14H20Cl2N2O. The van der Waals surface area contributed by atoms with Gasteiger partial charge in [-0.25, -0.2) is 0 Å². The Morgan fingerprint density at radius 3 is 2.21 bits per heavy atom. The molecule has 5 heteroatoms. The Bertz CT molecular complexity index is 411. The fourth-order valence-corrected chi connectivity index (χ4v) is 3.28. The maximum Gasteiger partial charge on any atom is 0.0678 e. The van der Waals surface area contributed by atoms with E-state index in [0.717, 1.165) is 18.7 Å². The van der Waals surface area contributed by atoms with E-state index >= 15 is 0 Å². The van der Waals surface area contributed by atoms with Gasteiger partial charge in [-0.15, -0.1) is 0 Å². The van der Waals surface area contributed by atoms with Gasteiger partial charge in [0.25, 0.3) is 0 Å². The van der Waals surface area contributed by atoms with Gasteiger partial charge in [-0.1, -0.05) is 23.2 Å². The normalized spacial score (nSPS) is 26.4. The zero-order valence-corrected chi connectivity index (χ0v) is 12.8. The zero-order valence-electron chi connectivity index (χ0n) is 11.3. The van der Waals surface area contributed by atoms with E-state index in [1.165, 1.54) is 0 Å². The van der Waals surface area contributed by atoms with Crippen molar-refractivity contribution in [3.63, 3.8) is 0 Å². The molecule has 3 nitrogen and oxygen atoms in total. The van der Waals surface area contributed by atoms with E-state index in [2.05, 4.69) is 18.7 Å². The highest BCUT2D eigenvalue weighted by atomic mass is 35.5. The van der Waals surface area contributed by atoms with E-state index in [-0.39, 0.29) is 18.2 Å². The molecule has 0 amide bonds. The van der Waals surface area contributed by atoms with E-state index in [9.17, 15) is 0 Å². The molecule has 0 bridgehead atoms. The van der Waals surface area contributed by atoms with Crippen molar-refractivity contribution in [1.29, 1.82) is 0 Å². The molecule has 1 aromatic rings. The van der Waals surface area contributed by atoms with Crippen molar-refractivity contribution in [2.24, 2.45) is 5.73 Å². The molecule has 0 aliphatic carbocycles. The van der Waals surface area contributed by atoms with Gasteiger partial charge in [-0.05, 0) is 37.6 Å². The summed E-state index contributed by atoms with van der Waals surface area (Å²) in [6.07, 6.45) is 0.430. The van der Waals surface area contributed by atoms with E-state index < -0.39 is 0 Å². The Balaban J connectivity index is 2.23. The summed E-state index contributed by atoms with van der Waals surface area (Å²) in [6.45, 7) is 6.45. The fraction of sp³-hybridized carbons (Fsp3) is 0.571. The third-order valence-electron chi connectivity index (χ3n) is 3.38. The Kier molecular flexibility index (Phi) is 5.09. The van der Waals surface area contributed by atoms with Crippen LogP contribution in [0, 0.1) is 0 Å². The van der Waals surface area contributed by atoms with Crippen molar-refractivity contribution < 1.29 is 4.74 Å². The highest BCUT2D eigenvalue weighted by Crippen LogP contribution is 2.28. The second kappa shape index (κ2) is 6.42.